The van der Waals surface area contributed by atoms with Gasteiger partial charge < -0.3 is 24.6 Å². The second-order valence-electron chi connectivity index (χ2n) is 13.3. The fraction of sp³-hybridized carbons (Fsp3) is 0.559. The van der Waals surface area contributed by atoms with E-state index in [1.807, 2.05) is 12.1 Å². The number of hydrogen-bond donors (Lipinski definition) is 3. The number of rotatable bonds is 11. The third-order valence-electron chi connectivity index (χ3n) is 10.1. The van der Waals surface area contributed by atoms with Gasteiger partial charge in [-0.25, -0.2) is 18.4 Å². The number of hydrogen-bond acceptors (Lipinski definition) is 7. The van der Waals surface area contributed by atoms with Gasteiger partial charge in [0.1, 0.15) is 11.0 Å². The van der Waals surface area contributed by atoms with E-state index in [0.717, 1.165) is 37.8 Å². The maximum atomic E-state index is 12.2. The van der Waals surface area contributed by atoms with Gasteiger partial charge >= 0.3 is 5.97 Å². The molecule has 1 saturated carbocycles. The molecular formula is C34H45ClN2O7S. The lowest BCUT2D eigenvalue weighted by molar-refractivity contribution is 0.0450. The molecule has 11 heteroatoms. The van der Waals surface area contributed by atoms with Crippen LogP contribution in [0.2, 0.25) is 5.02 Å². The van der Waals surface area contributed by atoms with Gasteiger partial charge in [-0.15, -0.1) is 0 Å². The van der Waals surface area contributed by atoms with Crippen LogP contribution in [0.15, 0.2) is 48.6 Å². The molecule has 0 bridgehead atoms. The van der Waals surface area contributed by atoms with Crippen LogP contribution in [0.3, 0.4) is 0 Å². The van der Waals surface area contributed by atoms with Crippen LogP contribution < -0.4 is 14.8 Å². The number of halogens is 1. The van der Waals surface area contributed by atoms with Gasteiger partial charge in [0.15, 0.2) is 0 Å². The van der Waals surface area contributed by atoms with Crippen LogP contribution in [0, 0.1) is 17.8 Å². The van der Waals surface area contributed by atoms with E-state index in [2.05, 4.69) is 11.0 Å². The number of fused-ring (bicyclic) bond motifs is 3. The first-order valence-corrected chi connectivity index (χ1v) is 17.7. The van der Waals surface area contributed by atoms with Crippen molar-refractivity contribution < 1.29 is 32.9 Å². The number of aliphatic hydroxyl groups is 1. The number of aryl methyl sites for hydroxylation is 1. The van der Waals surface area contributed by atoms with E-state index in [9.17, 15) is 23.4 Å². The summed E-state index contributed by atoms with van der Waals surface area (Å²) in [6.07, 6.45) is 7.19. The molecule has 2 aliphatic carbocycles. The van der Waals surface area contributed by atoms with Crippen LogP contribution >= 0.6 is 11.6 Å². The highest BCUT2D eigenvalue weighted by Crippen LogP contribution is 2.46. The molecule has 1 spiro atoms. The number of carboxylic acids is 1. The van der Waals surface area contributed by atoms with Crippen molar-refractivity contribution in [2.75, 3.05) is 31.7 Å². The van der Waals surface area contributed by atoms with Crippen molar-refractivity contribution in [1.82, 2.24) is 0 Å². The standard InChI is InChI=1S/C34H45ClN2O7S/c1-21(2)32(45(36,41)42)31(43-3)8-4-7-29(38)26-12-9-24(26)18-37-19-34(15-5-6-22-16-25(35)11-13-27(22)34)20-44-30-14-10-23(33(39)40)17-28(30)37/h4,7,10-11,13-14,16-17,21,24,26,29,31-32,38H,5-6,8-9,12,15,18-20H2,1-3H3,(H,39,40)(H2,36,41,42)/b7-4+/t24-,26+,29-,31-,32-,34-/m0/s1. The Bertz CT molecular complexity index is 1530. The minimum Gasteiger partial charge on any atom is -0.490 e. The van der Waals surface area contributed by atoms with E-state index in [1.54, 1.807) is 44.2 Å². The summed E-state index contributed by atoms with van der Waals surface area (Å²) in [6.45, 7) is 5.38. The Morgan fingerprint density at radius 2 is 2.02 bits per heavy atom. The van der Waals surface area contributed by atoms with Gasteiger partial charge in [0.05, 0.1) is 30.1 Å². The third-order valence-corrected chi connectivity index (χ3v) is 11.9. The lowest BCUT2D eigenvalue weighted by atomic mass is 9.68. The fourth-order valence-electron chi connectivity index (χ4n) is 7.68. The van der Waals surface area contributed by atoms with Gasteiger partial charge in [-0.1, -0.05) is 43.7 Å². The van der Waals surface area contributed by atoms with Crippen LogP contribution in [0.5, 0.6) is 5.75 Å². The summed E-state index contributed by atoms with van der Waals surface area (Å²) in [5, 5.41) is 26.4. The van der Waals surface area contributed by atoms with Gasteiger partial charge in [-0.05, 0) is 97.7 Å². The monoisotopic (exact) mass is 660 g/mol. The zero-order valence-electron chi connectivity index (χ0n) is 26.2. The highest BCUT2D eigenvalue weighted by atomic mass is 35.5. The fourth-order valence-corrected chi connectivity index (χ4v) is 9.28. The maximum absolute atomic E-state index is 12.2. The SMILES string of the molecule is CO[C@@H](C/C=C/[C@H](O)[C@@H]1CC[C@H]1CN1C[C@@]2(CCCc3cc(Cl)ccc32)COc2ccc(C(=O)O)cc21)[C@H](C(C)C)S(N)(=O)=O. The first-order chi connectivity index (χ1) is 21.3. The Labute approximate surface area is 271 Å². The van der Waals surface area contributed by atoms with E-state index in [0.29, 0.717) is 36.9 Å². The minimum atomic E-state index is -3.81. The highest BCUT2D eigenvalue weighted by molar-refractivity contribution is 7.89. The molecule has 9 nitrogen and oxygen atoms in total. The molecule has 1 fully saturated rings. The molecule has 0 amide bonds. The van der Waals surface area contributed by atoms with Gasteiger partial charge in [-0.3, -0.25) is 0 Å². The molecule has 4 N–H and O–H groups in total. The first kappa shape index (κ1) is 33.7. The molecule has 246 valence electrons. The molecule has 2 aromatic rings. The van der Waals surface area contributed by atoms with Gasteiger partial charge in [0.25, 0.3) is 0 Å². The zero-order valence-corrected chi connectivity index (χ0v) is 27.8. The topological polar surface area (TPSA) is 139 Å². The molecular weight excluding hydrogens is 616 g/mol. The predicted molar refractivity (Wildman–Crippen MR) is 176 cm³/mol. The number of nitrogens with zero attached hydrogens (tertiary/aromatic N) is 1. The summed E-state index contributed by atoms with van der Waals surface area (Å²) in [5.74, 6) is -0.384. The molecule has 0 radical (unpaired) electrons. The largest absolute Gasteiger partial charge is 0.490 e. The Balaban J connectivity index is 1.37. The average Bonchev–Trinajstić information content (AvgIpc) is 3.10. The highest BCUT2D eigenvalue weighted by Gasteiger charge is 2.44. The average molecular weight is 661 g/mol. The molecule has 0 saturated heterocycles. The van der Waals surface area contributed by atoms with Crippen molar-refractivity contribution in [3.05, 3.63) is 70.3 Å². The number of aromatic carboxylic acids is 1. The first-order valence-electron chi connectivity index (χ1n) is 15.8. The zero-order chi connectivity index (χ0) is 32.5. The molecule has 2 aromatic carbocycles. The van der Waals surface area contributed by atoms with Crippen LogP contribution in [-0.4, -0.2) is 68.9 Å². The lowest BCUT2D eigenvalue weighted by Crippen LogP contribution is -2.49. The summed E-state index contributed by atoms with van der Waals surface area (Å²) >= 11 is 6.37. The molecule has 5 rings (SSSR count). The molecule has 0 unspecified atom stereocenters. The molecule has 1 heterocycles. The van der Waals surface area contributed by atoms with E-state index in [-0.39, 0.29) is 28.7 Å². The second-order valence-corrected chi connectivity index (χ2v) is 15.5. The number of methoxy groups -OCH3 is 1. The lowest BCUT2D eigenvalue weighted by Gasteiger charge is -2.45. The summed E-state index contributed by atoms with van der Waals surface area (Å²) in [4.78, 5) is 14.2. The summed E-state index contributed by atoms with van der Waals surface area (Å²) in [6, 6.07) is 11.1. The third kappa shape index (κ3) is 7.20. The van der Waals surface area contributed by atoms with Gasteiger partial charge in [0, 0.05) is 30.6 Å². The van der Waals surface area contributed by atoms with E-state index >= 15 is 0 Å². The molecule has 1 aliphatic heterocycles. The maximum Gasteiger partial charge on any atom is 0.335 e. The summed E-state index contributed by atoms with van der Waals surface area (Å²) < 4.78 is 36.4. The quantitative estimate of drug-likeness (QED) is 0.281. The normalized spacial score (nSPS) is 25.2. The van der Waals surface area contributed by atoms with Crippen LogP contribution in [-0.2, 0) is 26.6 Å². The van der Waals surface area contributed by atoms with Gasteiger partial charge in [0.2, 0.25) is 10.0 Å². The smallest absolute Gasteiger partial charge is 0.335 e. The van der Waals surface area contributed by atoms with E-state index in [4.69, 9.17) is 26.2 Å². The Morgan fingerprint density at radius 1 is 1.24 bits per heavy atom. The number of carboxylic acid groups (broad SMARTS) is 1. The predicted octanol–water partition coefficient (Wildman–Crippen LogP) is 5.17. The Hall–Kier alpha value is -2.63. The second kappa shape index (κ2) is 13.6. The number of sulfonamides is 1. The molecule has 45 heavy (non-hydrogen) atoms. The number of anilines is 1. The summed E-state index contributed by atoms with van der Waals surface area (Å²) in [5.41, 5.74) is 3.13. The molecule has 6 atom stereocenters. The van der Waals surface area contributed by atoms with Crippen LogP contribution in [0.4, 0.5) is 5.69 Å². The van der Waals surface area contributed by atoms with Crippen molar-refractivity contribution in [2.45, 2.75) is 75.2 Å². The van der Waals surface area contributed by atoms with Crippen LogP contribution in [0.25, 0.3) is 0 Å². The Kier molecular flexibility index (Phi) is 10.2. The molecule has 0 aromatic heterocycles. The summed E-state index contributed by atoms with van der Waals surface area (Å²) in [7, 11) is -2.34. The van der Waals surface area contributed by atoms with Crippen molar-refractivity contribution in [3.8, 4) is 5.75 Å². The number of nitrogens with two attached hydrogens (primary N) is 1. The van der Waals surface area contributed by atoms with Gasteiger partial charge in [-0.2, -0.15) is 0 Å². The molecule has 3 aliphatic rings. The van der Waals surface area contributed by atoms with Crippen LogP contribution in [0.1, 0.15) is 67.4 Å². The number of benzene rings is 2. The van der Waals surface area contributed by atoms with Crippen molar-refractivity contribution in [2.24, 2.45) is 22.9 Å². The van der Waals surface area contributed by atoms with E-state index < -0.39 is 33.5 Å². The van der Waals surface area contributed by atoms with Crippen molar-refractivity contribution in [1.29, 1.82) is 0 Å². The van der Waals surface area contributed by atoms with E-state index in [1.165, 1.54) is 18.2 Å². The number of carbonyl (C=O) groups is 1. The Morgan fingerprint density at radius 3 is 2.67 bits per heavy atom. The number of primary sulfonamides is 1. The minimum absolute atomic E-state index is 0.00468. The van der Waals surface area contributed by atoms with Crippen molar-refractivity contribution >= 4 is 33.3 Å². The number of aliphatic hydroxyl groups excluding tert-OH is 1. The van der Waals surface area contributed by atoms with Crippen molar-refractivity contribution in [3.63, 3.8) is 0 Å². The number of ether oxygens (including phenoxy) is 2.